The van der Waals surface area contributed by atoms with Crippen molar-refractivity contribution in [3.63, 3.8) is 0 Å². The van der Waals surface area contributed by atoms with Crippen LogP contribution in [0.1, 0.15) is 12.0 Å². The number of aliphatic hydroxyl groups excluding tert-OH is 1. The summed E-state index contributed by atoms with van der Waals surface area (Å²) >= 11 is 0. The van der Waals surface area contributed by atoms with Gasteiger partial charge in [-0.3, -0.25) is 0 Å². The van der Waals surface area contributed by atoms with Gasteiger partial charge in [-0.2, -0.15) is 0 Å². The summed E-state index contributed by atoms with van der Waals surface area (Å²) in [6, 6.07) is 14.8. The predicted octanol–water partition coefficient (Wildman–Crippen LogP) is 2.61. The molecule has 0 aliphatic carbocycles. The fraction of sp³-hybridized carbons (Fsp3) is 0.250. The van der Waals surface area contributed by atoms with Gasteiger partial charge in [0.05, 0.1) is 25.5 Å². The molecule has 0 aliphatic heterocycles. The van der Waals surface area contributed by atoms with Crippen molar-refractivity contribution in [3.8, 4) is 11.5 Å². The van der Waals surface area contributed by atoms with E-state index >= 15 is 0 Å². The number of hydrogen-bond donors (Lipinski definition) is 2. The predicted molar refractivity (Wildman–Crippen MR) is 78.8 cm³/mol. The molecule has 0 unspecified atom stereocenters. The zero-order chi connectivity index (χ0) is 14.2. The quantitative estimate of drug-likeness (QED) is 0.601. The highest BCUT2D eigenvalue weighted by Crippen LogP contribution is 2.19. The first-order valence-corrected chi connectivity index (χ1v) is 6.59. The molecule has 0 saturated heterocycles. The second kappa shape index (κ2) is 7.40. The van der Waals surface area contributed by atoms with Gasteiger partial charge in [-0.25, -0.2) is 0 Å². The van der Waals surface area contributed by atoms with E-state index in [1.165, 1.54) is 0 Å². The van der Waals surface area contributed by atoms with E-state index in [1.54, 1.807) is 0 Å². The number of para-hydroxylation sites is 2. The van der Waals surface area contributed by atoms with Gasteiger partial charge in [-0.1, -0.05) is 24.3 Å². The Morgan fingerprint density at radius 1 is 0.950 bits per heavy atom. The minimum absolute atomic E-state index is 0.0214. The zero-order valence-electron chi connectivity index (χ0n) is 11.3. The highest BCUT2D eigenvalue weighted by Gasteiger charge is 1.99. The Kier molecular flexibility index (Phi) is 5.26. The molecule has 2 aromatic carbocycles. The monoisotopic (exact) mass is 273 g/mol. The lowest BCUT2D eigenvalue weighted by Crippen LogP contribution is -2.06. The van der Waals surface area contributed by atoms with Crippen molar-refractivity contribution >= 4 is 5.69 Å². The highest BCUT2D eigenvalue weighted by molar-refractivity contribution is 5.51. The lowest BCUT2D eigenvalue weighted by molar-refractivity contribution is 0.247. The molecule has 0 aliphatic rings. The molecule has 106 valence electrons. The first kappa shape index (κ1) is 14.2. The van der Waals surface area contributed by atoms with Crippen LogP contribution in [0.15, 0.2) is 48.5 Å². The Morgan fingerprint density at radius 3 is 2.55 bits per heavy atom. The number of ether oxygens (including phenoxy) is 2. The highest BCUT2D eigenvalue weighted by atomic mass is 16.5. The average molecular weight is 273 g/mol. The Bertz CT molecular complexity index is 543. The van der Waals surface area contributed by atoms with E-state index in [2.05, 4.69) is 0 Å². The molecule has 2 rings (SSSR count). The van der Waals surface area contributed by atoms with Gasteiger partial charge in [0.25, 0.3) is 0 Å². The molecule has 20 heavy (non-hydrogen) atoms. The lowest BCUT2D eigenvalue weighted by Gasteiger charge is -2.10. The first-order chi connectivity index (χ1) is 9.79. The fourth-order valence-electron chi connectivity index (χ4n) is 1.78. The van der Waals surface area contributed by atoms with Crippen molar-refractivity contribution in [2.45, 2.75) is 13.0 Å². The third-order valence-electron chi connectivity index (χ3n) is 2.82. The van der Waals surface area contributed by atoms with E-state index in [0.29, 0.717) is 24.7 Å². The van der Waals surface area contributed by atoms with Crippen molar-refractivity contribution < 1.29 is 14.6 Å². The number of aliphatic hydroxyl groups is 1. The molecule has 4 nitrogen and oxygen atoms in total. The maximum absolute atomic E-state index is 9.04. The van der Waals surface area contributed by atoms with Gasteiger partial charge in [0, 0.05) is 6.42 Å². The van der Waals surface area contributed by atoms with Gasteiger partial charge in [0.2, 0.25) is 0 Å². The molecule has 0 amide bonds. The van der Waals surface area contributed by atoms with Crippen molar-refractivity contribution in [2.24, 2.45) is 0 Å². The maximum Gasteiger partial charge on any atom is 0.142 e. The molecular weight excluding hydrogens is 254 g/mol. The van der Waals surface area contributed by atoms with Gasteiger partial charge in [0.1, 0.15) is 11.5 Å². The summed E-state index contributed by atoms with van der Waals surface area (Å²) in [5.74, 6) is 1.46. The molecule has 0 fully saturated rings. The van der Waals surface area contributed by atoms with Crippen LogP contribution in [0, 0.1) is 0 Å². The number of nitrogens with two attached hydrogens (primary N) is 1. The summed E-state index contributed by atoms with van der Waals surface area (Å²) in [5, 5.41) is 9.04. The average Bonchev–Trinajstić information content (AvgIpc) is 2.49. The zero-order valence-corrected chi connectivity index (χ0v) is 11.3. The topological polar surface area (TPSA) is 64.7 Å². The Hall–Kier alpha value is -2.20. The summed E-state index contributed by atoms with van der Waals surface area (Å²) in [4.78, 5) is 0. The minimum Gasteiger partial charge on any atom is -0.493 e. The van der Waals surface area contributed by atoms with Gasteiger partial charge >= 0.3 is 0 Å². The van der Waals surface area contributed by atoms with Crippen LogP contribution in [-0.2, 0) is 6.61 Å². The van der Waals surface area contributed by atoms with Crippen molar-refractivity contribution in [1.29, 1.82) is 0 Å². The summed E-state index contributed by atoms with van der Waals surface area (Å²) in [7, 11) is 0. The fourth-order valence-corrected chi connectivity index (χ4v) is 1.78. The van der Waals surface area contributed by atoms with Crippen LogP contribution >= 0.6 is 0 Å². The summed E-state index contributed by atoms with van der Waals surface area (Å²) in [5.41, 5.74) is 7.26. The van der Waals surface area contributed by atoms with E-state index in [1.807, 2.05) is 48.5 Å². The number of benzene rings is 2. The summed E-state index contributed by atoms with van der Waals surface area (Å²) < 4.78 is 11.2. The Labute approximate surface area is 118 Å². The van der Waals surface area contributed by atoms with Crippen molar-refractivity contribution in [1.82, 2.24) is 0 Å². The van der Waals surface area contributed by atoms with Crippen LogP contribution in [0.2, 0.25) is 0 Å². The van der Waals surface area contributed by atoms with Crippen LogP contribution in [0.3, 0.4) is 0 Å². The smallest absolute Gasteiger partial charge is 0.142 e. The Morgan fingerprint density at radius 2 is 1.75 bits per heavy atom. The SMILES string of the molecule is Nc1ccccc1OCCCOc1cccc(CO)c1. The molecule has 0 atom stereocenters. The minimum atomic E-state index is 0.0214. The first-order valence-electron chi connectivity index (χ1n) is 6.59. The van der Waals surface area contributed by atoms with Crippen LogP contribution in [0.5, 0.6) is 11.5 Å². The Balaban J connectivity index is 1.70. The number of anilines is 1. The van der Waals surface area contributed by atoms with Crippen molar-refractivity contribution in [3.05, 3.63) is 54.1 Å². The van der Waals surface area contributed by atoms with Crippen LogP contribution < -0.4 is 15.2 Å². The molecule has 0 heterocycles. The van der Waals surface area contributed by atoms with Crippen molar-refractivity contribution in [2.75, 3.05) is 18.9 Å². The van der Waals surface area contributed by atoms with E-state index < -0.39 is 0 Å². The van der Waals surface area contributed by atoms with Crippen LogP contribution in [-0.4, -0.2) is 18.3 Å². The summed E-state index contributed by atoms with van der Waals surface area (Å²) in [6.45, 7) is 1.13. The molecule has 0 spiro atoms. The lowest BCUT2D eigenvalue weighted by atomic mass is 10.2. The molecule has 3 N–H and O–H groups in total. The van der Waals surface area contributed by atoms with Gasteiger partial charge in [-0.15, -0.1) is 0 Å². The normalized spacial score (nSPS) is 10.2. The van der Waals surface area contributed by atoms with E-state index in [9.17, 15) is 0 Å². The van der Waals surface area contributed by atoms with Gasteiger partial charge < -0.3 is 20.3 Å². The van der Waals surface area contributed by atoms with E-state index in [0.717, 1.165) is 17.7 Å². The third-order valence-corrected chi connectivity index (χ3v) is 2.82. The second-order valence-corrected chi connectivity index (χ2v) is 4.39. The van der Waals surface area contributed by atoms with Gasteiger partial charge in [-0.05, 0) is 29.8 Å². The molecule has 0 aromatic heterocycles. The van der Waals surface area contributed by atoms with Crippen LogP contribution in [0.4, 0.5) is 5.69 Å². The second-order valence-electron chi connectivity index (χ2n) is 4.39. The molecule has 4 heteroatoms. The number of rotatable bonds is 7. The summed E-state index contributed by atoms with van der Waals surface area (Å²) in [6.07, 6.45) is 0.762. The molecule has 2 aromatic rings. The maximum atomic E-state index is 9.04. The van der Waals surface area contributed by atoms with Gasteiger partial charge in [0.15, 0.2) is 0 Å². The van der Waals surface area contributed by atoms with Crippen LogP contribution in [0.25, 0.3) is 0 Å². The standard InChI is InChI=1S/C16H19NO3/c17-15-7-1-2-8-16(15)20-10-4-9-19-14-6-3-5-13(11-14)12-18/h1-3,5-8,11,18H,4,9-10,12,17H2. The third kappa shape index (κ3) is 4.17. The molecular formula is C16H19NO3. The molecule has 0 bridgehead atoms. The number of nitrogen functional groups attached to an aromatic ring is 1. The van der Waals surface area contributed by atoms with E-state index in [4.69, 9.17) is 20.3 Å². The number of hydrogen-bond acceptors (Lipinski definition) is 4. The molecule has 0 radical (unpaired) electrons. The molecule has 0 saturated carbocycles. The van der Waals surface area contributed by atoms with E-state index in [-0.39, 0.29) is 6.61 Å². The largest absolute Gasteiger partial charge is 0.493 e.